The Morgan fingerprint density at radius 1 is 1.35 bits per heavy atom. The molecular formula is C15H25NS. The van der Waals surface area contributed by atoms with Crippen LogP contribution in [0.15, 0.2) is 16.8 Å². The number of rotatable bonds is 6. The standard InChI is InChI=1S/C15H25NS/c1-2-16-15(11-14-8-9-17-12-14)10-13-6-4-3-5-7-13/h8-9,12-13,15-16H,2-7,10-11H2,1H3. The highest BCUT2D eigenvalue weighted by Crippen LogP contribution is 2.28. The summed E-state index contributed by atoms with van der Waals surface area (Å²) in [6.45, 7) is 3.32. The topological polar surface area (TPSA) is 12.0 Å². The molecule has 1 fully saturated rings. The molecule has 1 N–H and O–H groups in total. The van der Waals surface area contributed by atoms with Crippen LogP contribution in [-0.4, -0.2) is 12.6 Å². The summed E-state index contributed by atoms with van der Waals surface area (Å²) in [5, 5.41) is 8.16. The molecule has 1 saturated carbocycles. The first-order chi connectivity index (χ1) is 8.38. The second kappa shape index (κ2) is 7.17. The van der Waals surface area contributed by atoms with Crippen LogP contribution >= 0.6 is 11.3 Å². The van der Waals surface area contributed by atoms with E-state index in [9.17, 15) is 0 Å². The molecule has 0 bridgehead atoms. The Morgan fingerprint density at radius 2 is 2.18 bits per heavy atom. The van der Waals surface area contributed by atoms with E-state index in [1.54, 1.807) is 0 Å². The van der Waals surface area contributed by atoms with Crippen LogP contribution in [0.1, 0.15) is 51.0 Å². The van der Waals surface area contributed by atoms with Crippen LogP contribution in [0.25, 0.3) is 0 Å². The molecule has 0 aliphatic heterocycles. The molecule has 1 atom stereocenters. The predicted molar refractivity (Wildman–Crippen MR) is 76.7 cm³/mol. The fraction of sp³-hybridized carbons (Fsp3) is 0.733. The second-order valence-electron chi connectivity index (χ2n) is 5.33. The maximum atomic E-state index is 3.67. The molecule has 1 aromatic heterocycles. The minimum absolute atomic E-state index is 0.692. The quantitative estimate of drug-likeness (QED) is 0.797. The fourth-order valence-corrected chi connectivity index (χ4v) is 3.73. The number of hydrogen-bond acceptors (Lipinski definition) is 2. The first-order valence-electron chi connectivity index (χ1n) is 7.13. The van der Waals surface area contributed by atoms with E-state index in [4.69, 9.17) is 0 Å². The summed E-state index contributed by atoms with van der Waals surface area (Å²) < 4.78 is 0. The van der Waals surface area contributed by atoms with Crippen LogP contribution < -0.4 is 5.32 Å². The third-order valence-electron chi connectivity index (χ3n) is 3.90. The van der Waals surface area contributed by atoms with Crippen LogP contribution in [-0.2, 0) is 6.42 Å². The fourth-order valence-electron chi connectivity index (χ4n) is 3.05. The van der Waals surface area contributed by atoms with Crippen molar-refractivity contribution >= 4 is 11.3 Å². The Bertz CT molecular complexity index is 288. The Hall–Kier alpha value is -0.340. The summed E-state index contributed by atoms with van der Waals surface area (Å²) in [5.41, 5.74) is 1.51. The molecule has 2 rings (SSSR count). The number of nitrogens with one attached hydrogen (secondary N) is 1. The highest BCUT2D eigenvalue weighted by atomic mass is 32.1. The zero-order valence-corrected chi connectivity index (χ0v) is 11.8. The Morgan fingerprint density at radius 3 is 2.82 bits per heavy atom. The molecule has 2 heteroatoms. The average Bonchev–Trinajstić information content (AvgIpc) is 2.83. The van der Waals surface area contributed by atoms with Gasteiger partial charge in [0.25, 0.3) is 0 Å². The van der Waals surface area contributed by atoms with Gasteiger partial charge < -0.3 is 5.32 Å². The van der Waals surface area contributed by atoms with Crippen molar-refractivity contribution < 1.29 is 0 Å². The smallest absolute Gasteiger partial charge is 0.0110 e. The van der Waals surface area contributed by atoms with Gasteiger partial charge in [-0.1, -0.05) is 39.0 Å². The second-order valence-corrected chi connectivity index (χ2v) is 6.11. The number of hydrogen-bond donors (Lipinski definition) is 1. The maximum Gasteiger partial charge on any atom is 0.0110 e. The first kappa shape index (κ1) is 13.1. The molecule has 0 radical (unpaired) electrons. The van der Waals surface area contributed by atoms with E-state index < -0.39 is 0 Å². The Kier molecular flexibility index (Phi) is 5.53. The third kappa shape index (κ3) is 4.44. The molecule has 0 saturated heterocycles. The molecule has 1 heterocycles. The van der Waals surface area contributed by atoms with Crippen LogP contribution in [0.5, 0.6) is 0 Å². The van der Waals surface area contributed by atoms with Gasteiger partial charge in [-0.25, -0.2) is 0 Å². The molecule has 1 aliphatic carbocycles. The van der Waals surface area contributed by atoms with Gasteiger partial charge in [0.1, 0.15) is 0 Å². The lowest BCUT2D eigenvalue weighted by Gasteiger charge is -2.27. The van der Waals surface area contributed by atoms with Crippen molar-refractivity contribution in [3.8, 4) is 0 Å². The first-order valence-corrected chi connectivity index (χ1v) is 8.07. The normalized spacial score (nSPS) is 19.4. The largest absolute Gasteiger partial charge is 0.314 e. The lowest BCUT2D eigenvalue weighted by molar-refractivity contribution is 0.298. The van der Waals surface area contributed by atoms with Crippen molar-refractivity contribution in [3.05, 3.63) is 22.4 Å². The van der Waals surface area contributed by atoms with Crippen molar-refractivity contribution in [2.75, 3.05) is 6.54 Å². The van der Waals surface area contributed by atoms with E-state index in [0.29, 0.717) is 6.04 Å². The van der Waals surface area contributed by atoms with Gasteiger partial charge in [0.2, 0.25) is 0 Å². The highest BCUT2D eigenvalue weighted by Gasteiger charge is 2.18. The summed E-state index contributed by atoms with van der Waals surface area (Å²) in [6, 6.07) is 2.97. The van der Waals surface area contributed by atoms with Crippen molar-refractivity contribution in [2.45, 2.75) is 57.9 Å². The van der Waals surface area contributed by atoms with E-state index >= 15 is 0 Å². The zero-order chi connectivity index (χ0) is 11.9. The maximum absolute atomic E-state index is 3.67. The van der Waals surface area contributed by atoms with Gasteiger partial charge in [0.05, 0.1) is 0 Å². The van der Waals surface area contributed by atoms with E-state index in [-0.39, 0.29) is 0 Å². The monoisotopic (exact) mass is 251 g/mol. The highest BCUT2D eigenvalue weighted by molar-refractivity contribution is 7.07. The summed E-state index contributed by atoms with van der Waals surface area (Å²) in [7, 11) is 0. The minimum atomic E-state index is 0.692. The summed E-state index contributed by atoms with van der Waals surface area (Å²) in [6.07, 6.45) is 9.91. The number of thiophene rings is 1. The molecule has 0 aromatic carbocycles. The van der Waals surface area contributed by atoms with Crippen molar-refractivity contribution in [1.29, 1.82) is 0 Å². The number of likely N-dealkylation sites (N-methyl/N-ethyl adjacent to an activating group) is 1. The van der Waals surface area contributed by atoms with Gasteiger partial charge in [0.15, 0.2) is 0 Å². The molecular weight excluding hydrogens is 226 g/mol. The van der Waals surface area contributed by atoms with Crippen LogP contribution in [0.4, 0.5) is 0 Å². The van der Waals surface area contributed by atoms with Gasteiger partial charge in [-0.3, -0.25) is 0 Å². The van der Waals surface area contributed by atoms with E-state index in [1.165, 1.54) is 50.5 Å². The molecule has 1 aliphatic rings. The molecule has 0 amide bonds. The van der Waals surface area contributed by atoms with Gasteiger partial charge in [-0.15, -0.1) is 0 Å². The van der Waals surface area contributed by atoms with Crippen molar-refractivity contribution in [1.82, 2.24) is 5.32 Å². The molecule has 1 aromatic rings. The van der Waals surface area contributed by atoms with Crippen LogP contribution in [0.2, 0.25) is 0 Å². The van der Waals surface area contributed by atoms with Crippen molar-refractivity contribution in [3.63, 3.8) is 0 Å². The van der Waals surface area contributed by atoms with Crippen molar-refractivity contribution in [2.24, 2.45) is 5.92 Å². The predicted octanol–water partition coefficient (Wildman–Crippen LogP) is 4.24. The van der Waals surface area contributed by atoms with Crippen LogP contribution in [0, 0.1) is 5.92 Å². The third-order valence-corrected chi connectivity index (χ3v) is 4.63. The SMILES string of the molecule is CCNC(Cc1ccsc1)CC1CCCCC1. The molecule has 1 unspecified atom stereocenters. The molecule has 0 spiro atoms. The van der Waals surface area contributed by atoms with E-state index in [1.807, 2.05) is 11.3 Å². The van der Waals surface area contributed by atoms with Gasteiger partial charge in [-0.05, 0) is 47.7 Å². The van der Waals surface area contributed by atoms with Gasteiger partial charge >= 0.3 is 0 Å². The van der Waals surface area contributed by atoms with Gasteiger partial charge in [-0.2, -0.15) is 11.3 Å². The summed E-state index contributed by atoms with van der Waals surface area (Å²) >= 11 is 1.82. The van der Waals surface area contributed by atoms with Crippen LogP contribution in [0.3, 0.4) is 0 Å². The lowest BCUT2D eigenvalue weighted by Crippen LogP contribution is -2.33. The molecule has 96 valence electrons. The molecule has 17 heavy (non-hydrogen) atoms. The minimum Gasteiger partial charge on any atom is -0.314 e. The molecule has 1 nitrogen and oxygen atoms in total. The average molecular weight is 251 g/mol. The van der Waals surface area contributed by atoms with E-state index in [2.05, 4.69) is 29.1 Å². The lowest BCUT2D eigenvalue weighted by atomic mass is 9.84. The Balaban J connectivity index is 1.83. The summed E-state index contributed by atoms with van der Waals surface area (Å²) in [4.78, 5) is 0. The zero-order valence-electron chi connectivity index (χ0n) is 11.0. The van der Waals surface area contributed by atoms with Gasteiger partial charge in [0, 0.05) is 6.04 Å². The Labute approximate surface area is 110 Å². The van der Waals surface area contributed by atoms with E-state index in [0.717, 1.165) is 12.5 Å². The summed E-state index contributed by atoms with van der Waals surface area (Å²) in [5.74, 6) is 0.978.